The summed E-state index contributed by atoms with van der Waals surface area (Å²) in [4.78, 5) is 12.1. The van der Waals surface area contributed by atoms with Crippen LogP contribution in [-0.2, 0) is 0 Å². The van der Waals surface area contributed by atoms with Crippen LogP contribution in [0.3, 0.4) is 0 Å². The molecule has 0 saturated heterocycles. The Labute approximate surface area is 118 Å². The highest BCUT2D eigenvalue weighted by molar-refractivity contribution is 5.99. The number of nitrogens with one attached hydrogen (secondary N) is 1. The molecule has 0 spiro atoms. The zero-order valence-corrected chi connectivity index (χ0v) is 11.5. The molecule has 1 aliphatic carbocycles. The highest BCUT2D eigenvalue weighted by atomic mass is 16.3. The van der Waals surface area contributed by atoms with Gasteiger partial charge in [0.2, 0.25) is 0 Å². The Bertz CT molecular complexity index is 456. The fraction of sp³-hybridized carbons (Fsp3) is 0.533. The first-order valence-electron chi connectivity index (χ1n) is 7.12. The number of rotatable bonds is 4. The van der Waals surface area contributed by atoms with Gasteiger partial charge in [-0.15, -0.1) is 0 Å². The van der Waals surface area contributed by atoms with Gasteiger partial charge in [-0.2, -0.15) is 0 Å². The van der Waals surface area contributed by atoms with E-state index in [0.717, 1.165) is 12.8 Å². The monoisotopic (exact) mass is 278 g/mol. The molecular weight excluding hydrogens is 256 g/mol. The van der Waals surface area contributed by atoms with E-state index in [1.165, 1.54) is 31.0 Å². The number of aromatic hydroxyl groups is 2. The second kappa shape index (κ2) is 6.61. The van der Waals surface area contributed by atoms with Crippen molar-refractivity contribution < 1.29 is 15.0 Å². The Balaban J connectivity index is 1.98. The molecule has 0 aromatic heterocycles. The van der Waals surface area contributed by atoms with E-state index < -0.39 is 5.91 Å². The summed E-state index contributed by atoms with van der Waals surface area (Å²) in [6.07, 6.45) is 4.54. The third kappa shape index (κ3) is 3.22. The summed E-state index contributed by atoms with van der Waals surface area (Å²) in [6.45, 7) is 1.18. The molecule has 110 valence electrons. The van der Waals surface area contributed by atoms with Crippen molar-refractivity contribution in [1.29, 1.82) is 0 Å². The predicted octanol–water partition coefficient (Wildman–Crippen LogP) is 1.59. The average molecular weight is 278 g/mol. The Kier molecular flexibility index (Phi) is 4.84. The molecule has 2 atom stereocenters. The maximum atomic E-state index is 12.1. The molecule has 5 heteroatoms. The second-order valence-corrected chi connectivity index (χ2v) is 5.42. The van der Waals surface area contributed by atoms with Gasteiger partial charge >= 0.3 is 0 Å². The van der Waals surface area contributed by atoms with Gasteiger partial charge in [0.05, 0.1) is 0 Å². The molecule has 1 aromatic rings. The third-order valence-corrected chi connectivity index (χ3v) is 4.14. The van der Waals surface area contributed by atoms with Crippen LogP contribution in [0, 0.1) is 11.8 Å². The van der Waals surface area contributed by atoms with Gasteiger partial charge in [-0.1, -0.05) is 18.9 Å². The normalized spacial score (nSPS) is 22.4. The second-order valence-electron chi connectivity index (χ2n) is 5.42. The molecule has 20 heavy (non-hydrogen) atoms. The fourth-order valence-corrected chi connectivity index (χ4v) is 2.94. The summed E-state index contributed by atoms with van der Waals surface area (Å²) in [6, 6.07) is 4.27. The molecule has 1 aliphatic rings. The molecule has 1 fully saturated rings. The SMILES string of the molecule is NCC1CCCCC1CNC(=O)c1c(O)cccc1O. The highest BCUT2D eigenvalue weighted by Gasteiger charge is 2.25. The summed E-state index contributed by atoms with van der Waals surface area (Å²) in [5.41, 5.74) is 5.70. The standard InChI is InChI=1S/C15H22N2O3/c16-8-10-4-1-2-5-11(10)9-17-15(20)14-12(18)6-3-7-13(14)19/h3,6-7,10-11,18-19H,1-2,4-5,8-9,16H2,(H,17,20). The molecule has 1 saturated carbocycles. The largest absolute Gasteiger partial charge is 0.507 e. The molecule has 0 heterocycles. The van der Waals surface area contributed by atoms with Crippen LogP contribution >= 0.6 is 0 Å². The Morgan fingerprint density at radius 2 is 1.80 bits per heavy atom. The fourth-order valence-electron chi connectivity index (χ4n) is 2.94. The van der Waals surface area contributed by atoms with E-state index in [1.807, 2.05) is 0 Å². The number of phenolic OH excluding ortho intramolecular Hbond substituents is 2. The lowest BCUT2D eigenvalue weighted by atomic mass is 9.79. The molecular formula is C15H22N2O3. The van der Waals surface area contributed by atoms with Crippen LogP contribution in [0.5, 0.6) is 11.5 Å². The minimum atomic E-state index is -0.443. The summed E-state index contributed by atoms with van der Waals surface area (Å²) >= 11 is 0. The third-order valence-electron chi connectivity index (χ3n) is 4.14. The molecule has 5 N–H and O–H groups in total. The molecule has 5 nitrogen and oxygen atoms in total. The number of nitrogens with two attached hydrogens (primary N) is 1. The van der Waals surface area contributed by atoms with Crippen LogP contribution in [-0.4, -0.2) is 29.2 Å². The molecule has 0 bridgehead atoms. The Hall–Kier alpha value is -1.75. The van der Waals surface area contributed by atoms with Crippen LogP contribution in [0.2, 0.25) is 0 Å². The van der Waals surface area contributed by atoms with E-state index in [0.29, 0.717) is 24.9 Å². The first kappa shape index (κ1) is 14.7. The number of amides is 1. The lowest BCUT2D eigenvalue weighted by Gasteiger charge is -2.30. The van der Waals surface area contributed by atoms with Crippen molar-refractivity contribution >= 4 is 5.91 Å². The van der Waals surface area contributed by atoms with Crippen LogP contribution in [0.25, 0.3) is 0 Å². The van der Waals surface area contributed by atoms with Crippen molar-refractivity contribution in [2.45, 2.75) is 25.7 Å². The quantitative estimate of drug-likeness (QED) is 0.672. The highest BCUT2D eigenvalue weighted by Crippen LogP contribution is 2.29. The number of hydrogen-bond acceptors (Lipinski definition) is 4. The minimum absolute atomic E-state index is 0.0624. The summed E-state index contributed by atoms with van der Waals surface area (Å²) in [7, 11) is 0. The van der Waals surface area contributed by atoms with Crippen LogP contribution in [0.4, 0.5) is 0 Å². The maximum Gasteiger partial charge on any atom is 0.258 e. The van der Waals surface area contributed by atoms with Crippen molar-refractivity contribution in [2.24, 2.45) is 17.6 Å². The molecule has 0 aliphatic heterocycles. The van der Waals surface area contributed by atoms with Crippen molar-refractivity contribution in [3.8, 4) is 11.5 Å². The summed E-state index contributed by atoms with van der Waals surface area (Å²) < 4.78 is 0. The molecule has 1 aromatic carbocycles. The van der Waals surface area contributed by atoms with Gasteiger partial charge in [0, 0.05) is 6.54 Å². The molecule has 0 radical (unpaired) electrons. The van der Waals surface area contributed by atoms with Crippen molar-refractivity contribution in [3.05, 3.63) is 23.8 Å². The van der Waals surface area contributed by atoms with Gasteiger partial charge < -0.3 is 21.3 Å². The van der Waals surface area contributed by atoms with Gasteiger partial charge in [0.25, 0.3) is 5.91 Å². The van der Waals surface area contributed by atoms with Crippen LogP contribution < -0.4 is 11.1 Å². The minimum Gasteiger partial charge on any atom is -0.507 e. The van der Waals surface area contributed by atoms with Gasteiger partial charge in [0.15, 0.2) is 0 Å². The molecule has 2 unspecified atom stereocenters. The Morgan fingerprint density at radius 3 is 2.40 bits per heavy atom. The van der Waals surface area contributed by atoms with Gasteiger partial charge in [-0.05, 0) is 43.4 Å². The number of carbonyl (C=O) groups is 1. The Morgan fingerprint density at radius 1 is 1.20 bits per heavy atom. The molecule has 2 rings (SSSR count). The van der Waals surface area contributed by atoms with E-state index in [2.05, 4.69) is 5.32 Å². The summed E-state index contributed by atoms with van der Waals surface area (Å²) in [5.74, 6) is -0.0299. The topological polar surface area (TPSA) is 95.6 Å². The lowest BCUT2D eigenvalue weighted by Crippen LogP contribution is -2.37. The first-order chi connectivity index (χ1) is 9.63. The van der Waals surface area contributed by atoms with E-state index >= 15 is 0 Å². The van der Waals surface area contributed by atoms with E-state index in [4.69, 9.17) is 5.73 Å². The first-order valence-corrected chi connectivity index (χ1v) is 7.12. The van der Waals surface area contributed by atoms with Crippen LogP contribution in [0.15, 0.2) is 18.2 Å². The lowest BCUT2D eigenvalue weighted by molar-refractivity contribution is 0.0929. The smallest absolute Gasteiger partial charge is 0.258 e. The number of carbonyl (C=O) groups excluding carboxylic acids is 1. The van der Waals surface area contributed by atoms with Gasteiger partial charge in [-0.25, -0.2) is 0 Å². The van der Waals surface area contributed by atoms with E-state index in [9.17, 15) is 15.0 Å². The predicted molar refractivity (Wildman–Crippen MR) is 76.6 cm³/mol. The zero-order valence-electron chi connectivity index (χ0n) is 11.5. The maximum absolute atomic E-state index is 12.1. The summed E-state index contributed by atoms with van der Waals surface area (Å²) in [5, 5.41) is 22.1. The van der Waals surface area contributed by atoms with Crippen molar-refractivity contribution in [1.82, 2.24) is 5.32 Å². The number of benzene rings is 1. The van der Waals surface area contributed by atoms with Gasteiger partial charge in [0.1, 0.15) is 17.1 Å². The average Bonchev–Trinajstić information content (AvgIpc) is 2.45. The van der Waals surface area contributed by atoms with E-state index in [1.54, 1.807) is 0 Å². The van der Waals surface area contributed by atoms with E-state index in [-0.39, 0.29) is 17.1 Å². The zero-order chi connectivity index (χ0) is 14.5. The number of phenols is 2. The van der Waals surface area contributed by atoms with Crippen molar-refractivity contribution in [2.75, 3.05) is 13.1 Å². The van der Waals surface area contributed by atoms with Crippen molar-refractivity contribution in [3.63, 3.8) is 0 Å². The molecule has 1 amide bonds. The number of hydrogen-bond donors (Lipinski definition) is 4. The van der Waals surface area contributed by atoms with Gasteiger partial charge in [-0.3, -0.25) is 4.79 Å². The van der Waals surface area contributed by atoms with Crippen LogP contribution in [0.1, 0.15) is 36.0 Å².